The Morgan fingerprint density at radius 1 is 1.09 bits per heavy atom. The van der Waals surface area contributed by atoms with Crippen LogP contribution in [-0.2, 0) is 11.0 Å². The predicted molar refractivity (Wildman–Crippen MR) is 119 cm³/mol. The first-order chi connectivity index (χ1) is 15.6. The van der Waals surface area contributed by atoms with Crippen LogP contribution in [0.15, 0.2) is 48.7 Å². The lowest BCUT2D eigenvalue weighted by Crippen LogP contribution is -2.42. The number of aromatic nitrogens is 2. The Labute approximate surface area is 189 Å². The minimum atomic E-state index is -4.60. The van der Waals surface area contributed by atoms with Gasteiger partial charge in [0.25, 0.3) is 5.91 Å². The summed E-state index contributed by atoms with van der Waals surface area (Å²) in [6.07, 6.45) is -2.07. The van der Waals surface area contributed by atoms with Gasteiger partial charge in [-0.25, -0.2) is 0 Å². The second-order valence-corrected chi connectivity index (χ2v) is 8.56. The van der Waals surface area contributed by atoms with E-state index in [1.165, 1.54) is 23.1 Å². The molecule has 3 aromatic rings. The van der Waals surface area contributed by atoms with E-state index in [2.05, 4.69) is 10.4 Å². The fraction of sp³-hybridized carbons (Fsp3) is 0.375. The van der Waals surface area contributed by atoms with Crippen molar-refractivity contribution in [2.75, 3.05) is 18.4 Å². The maximum Gasteiger partial charge on any atom is 0.417 e. The average Bonchev–Trinajstić information content (AvgIpc) is 3.22. The number of amides is 2. The minimum absolute atomic E-state index is 0.159. The number of halogens is 3. The number of nitrogens with zero attached hydrogens (tertiary/aromatic N) is 3. The summed E-state index contributed by atoms with van der Waals surface area (Å²) in [4.78, 5) is 26.9. The van der Waals surface area contributed by atoms with E-state index in [1.54, 1.807) is 6.20 Å². The molecule has 0 aliphatic carbocycles. The van der Waals surface area contributed by atoms with E-state index in [0.717, 1.165) is 17.0 Å². The van der Waals surface area contributed by atoms with Crippen molar-refractivity contribution in [2.24, 2.45) is 5.92 Å². The highest BCUT2D eigenvalue weighted by Gasteiger charge is 2.37. The maximum absolute atomic E-state index is 13.3. The van der Waals surface area contributed by atoms with Crippen molar-refractivity contribution in [1.82, 2.24) is 14.7 Å². The highest BCUT2D eigenvalue weighted by Crippen LogP contribution is 2.33. The van der Waals surface area contributed by atoms with Crippen molar-refractivity contribution in [1.29, 1.82) is 0 Å². The SMILES string of the molecule is CC(C)n1ncc2cc(NC(=O)C3CCN(C(=O)c4ccccc4C(F)(F)F)CC3)ccc21. The van der Waals surface area contributed by atoms with Gasteiger partial charge in [-0.1, -0.05) is 12.1 Å². The molecule has 0 bridgehead atoms. The minimum Gasteiger partial charge on any atom is -0.339 e. The lowest BCUT2D eigenvalue weighted by atomic mass is 9.94. The maximum atomic E-state index is 13.3. The third kappa shape index (κ3) is 4.72. The molecule has 4 rings (SSSR count). The van der Waals surface area contributed by atoms with Gasteiger partial charge >= 0.3 is 6.18 Å². The summed E-state index contributed by atoms with van der Waals surface area (Å²) < 4.78 is 41.7. The molecule has 174 valence electrons. The van der Waals surface area contributed by atoms with Crippen molar-refractivity contribution in [2.45, 2.75) is 38.9 Å². The molecule has 1 aliphatic rings. The molecular weight excluding hydrogens is 433 g/mol. The van der Waals surface area contributed by atoms with Crippen LogP contribution in [-0.4, -0.2) is 39.6 Å². The van der Waals surface area contributed by atoms with Crippen LogP contribution >= 0.6 is 0 Å². The zero-order valence-electron chi connectivity index (χ0n) is 18.4. The summed E-state index contributed by atoms with van der Waals surface area (Å²) in [5, 5.41) is 8.21. The highest BCUT2D eigenvalue weighted by atomic mass is 19.4. The van der Waals surface area contributed by atoms with Gasteiger partial charge in [0, 0.05) is 36.1 Å². The van der Waals surface area contributed by atoms with Gasteiger partial charge in [-0.2, -0.15) is 18.3 Å². The van der Waals surface area contributed by atoms with Gasteiger partial charge < -0.3 is 10.2 Å². The molecule has 33 heavy (non-hydrogen) atoms. The first kappa shape index (κ1) is 22.8. The third-order valence-corrected chi connectivity index (χ3v) is 5.97. The molecular formula is C24H25F3N4O2. The molecule has 1 fully saturated rings. The average molecular weight is 458 g/mol. The van der Waals surface area contributed by atoms with Crippen molar-refractivity contribution in [3.8, 4) is 0 Å². The van der Waals surface area contributed by atoms with Crippen LogP contribution in [0.2, 0.25) is 0 Å². The summed E-state index contributed by atoms with van der Waals surface area (Å²) >= 11 is 0. The summed E-state index contributed by atoms with van der Waals surface area (Å²) in [6, 6.07) is 10.6. The molecule has 9 heteroatoms. The van der Waals surface area contributed by atoms with Gasteiger partial charge in [-0.3, -0.25) is 14.3 Å². The molecule has 2 aromatic carbocycles. The Morgan fingerprint density at radius 3 is 2.45 bits per heavy atom. The van der Waals surface area contributed by atoms with E-state index < -0.39 is 17.6 Å². The topological polar surface area (TPSA) is 67.2 Å². The first-order valence-electron chi connectivity index (χ1n) is 10.9. The lowest BCUT2D eigenvalue weighted by Gasteiger charge is -2.32. The van der Waals surface area contributed by atoms with E-state index >= 15 is 0 Å². The van der Waals surface area contributed by atoms with Gasteiger partial charge in [0.2, 0.25) is 5.91 Å². The van der Waals surface area contributed by atoms with E-state index in [0.29, 0.717) is 18.5 Å². The number of likely N-dealkylation sites (tertiary alicyclic amines) is 1. The number of hydrogen-bond donors (Lipinski definition) is 1. The Balaban J connectivity index is 1.39. The van der Waals surface area contributed by atoms with Crippen LogP contribution in [0, 0.1) is 5.92 Å². The summed E-state index contributed by atoms with van der Waals surface area (Å²) in [7, 11) is 0. The number of benzene rings is 2. The van der Waals surface area contributed by atoms with E-state index in [4.69, 9.17) is 0 Å². The number of carbonyl (C=O) groups excluding carboxylic acids is 2. The zero-order valence-corrected chi connectivity index (χ0v) is 18.4. The number of fused-ring (bicyclic) bond motifs is 1. The van der Waals surface area contributed by atoms with Crippen molar-refractivity contribution in [3.05, 3.63) is 59.8 Å². The fourth-order valence-corrected chi connectivity index (χ4v) is 4.22. The third-order valence-electron chi connectivity index (χ3n) is 5.97. The molecule has 6 nitrogen and oxygen atoms in total. The normalized spacial score (nSPS) is 15.3. The molecule has 1 aliphatic heterocycles. The smallest absolute Gasteiger partial charge is 0.339 e. The van der Waals surface area contributed by atoms with Crippen LogP contribution in [0.25, 0.3) is 10.9 Å². The Kier molecular flexibility index (Phi) is 6.14. The molecule has 0 unspecified atom stereocenters. The Morgan fingerprint density at radius 2 is 1.79 bits per heavy atom. The largest absolute Gasteiger partial charge is 0.417 e. The number of alkyl halides is 3. The van der Waals surface area contributed by atoms with Crippen LogP contribution in [0.5, 0.6) is 0 Å². The van der Waals surface area contributed by atoms with Gasteiger partial charge in [-0.05, 0) is 57.0 Å². The second-order valence-electron chi connectivity index (χ2n) is 8.56. The number of carbonyl (C=O) groups is 2. The zero-order chi connectivity index (χ0) is 23.8. The summed E-state index contributed by atoms with van der Waals surface area (Å²) in [5.41, 5.74) is 0.344. The molecule has 1 aromatic heterocycles. The van der Waals surface area contributed by atoms with Crippen molar-refractivity contribution >= 4 is 28.4 Å². The van der Waals surface area contributed by atoms with Crippen LogP contribution in [0.3, 0.4) is 0 Å². The standard InChI is InChI=1S/C24H25F3N4O2/c1-15(2)31-21-8-7-18(13-17(21)14-28-31)29-22(32)16-9-11-30(12-10-16)23(33)19-5-3-4-6-20(19)24(25,26)27/h3-8,13-16H,9-12H2,1-2H3,(H,29,32). The number of rotatable bonds is 4. The predicted octanol–water partition coefficient (Wildman–Crippen LogP) is 5.13. The molecule has 1 N–H and O–H groups in total. The highest BCUT2D eigenvalue weighted by molar-refractivity contribution is 5.97. The molecule has 2 heterocycles. The van der Waals surface area contributed by atoms with Crippen molar-refractivity contribution < 1.29 is 22.8 Å². The number of piperidine rings is 1. The van der Waals surface area contributed by atoms with Gasteiger partial charge in [0.15, 0.2) is 0 Å². The van der Waals surface area contributed by atoms with Crippen LogP contribution in [0.1, 0.15) is 48.7 Å². The molecule has 0 radical (unpaired) electrons. The fourth-order valence-electron chi connectivity index (χ4n) is 4.22. The first-order valence-corrected chi connectivity index (χ1v) is 10.9. The lowest BCUT2D eigenvalue weighted by molar-refractivity contribution is -0.138. The van der Waals surface area contributed by atoms with Crippen LogP contribution in [0.4, 0.5) is 18.9 Å². The van der Waals surface area contributed by atoms with E-state index in [-0.39, 0.29) is 36.5 Å². The molecule has 1 saturated heterocycles. The van der Waals surface area contributed by atoms with Gasteiger partial charge in [0.1, 0.15) is 0 Å². The molecule has 0 atom stereocenters. The Hall–Kier alpha value is -3.36. The molecule has 0 saturated carbocycles. The van der Waals surface area contributed by atoms with E-state index in [9.17, 15) is 22.8 Å². The van der Waals surface area contributed by atoms with Crippen molar-refractivity contribution in [3.63, 3.8) is 0 Å². The Bertz CT molecular complexity index is 1180. The molecule has 0 spiro atoms. The number of nitrogens with one attached hydrogen (secondary N) is 1. The number of hydrogen-bond acceptors (Lipinski definition) is 3. The number of anilines is 1. The van der Waals surface area contributed by atoms with Gasteiger partial charge in [0.05, 0.1) is 22.8 Å². The summed E-state index contributed by atoms with van der Waals surface area (Å²) in [6.45, 7) is 4.54. The summed E-state index contributed by atoms with van der Waals surface area (Å²) in [5.74, 6) is -1.14. The second kappa shape index (κ2) is 8.88. The van der Waals surface area contributed by atoms with Crippen LogP contribution < -0.4 is 5.32 Å². The van der Waals surface area contributed by atoms with E-state index in [1.807, 2.05) is 36.7 Å². The monoisotopic (exact) mass is 458 g/mol. The molecule has 2 amide bonds. The van der Waals surface area contributed by atoms with Gasteiger partial charge in [-0.15, -0.1) is 0 Å². The quantitative estimate of drug-likeness (QED) is 0.590.